The fourth-order valence-corrected chi connectivity index (χ4v) is 3.20. The first-order valence-electron chi connectivity index (χ1n) is 6.13. The lowest BCUT2D eigenvalue weighted by atomic mass is 10.2. The maximum absolute atomic E-state index is 12.6. The van der Waals surface area contributed by atoms with E-state index >= 15 is 0 Å². The third-order valence-electron chi connectivity index (χ3n) is 3.06. The van der Waals surface area contributed by atoms with Crippen molar-refractivity contribution in [3.8, 4) is 11.8 Å². The summed E-state index contributed by atoms with van der Waals surface area (Å²) in [5, 5.41) is 9.06. The highest BCUT2D eigenvalue weighted by molar-refractivity contribution is 7.92. The van der Waals surface area contributed by atoms with Gasteiger partial charge in [0, 0.05) is 13.1 Å². The van der Waals surface area contributed by atoms with Crippen molar-refractivity contribution >= 4 is 15.7 Å². The highest BCUT2D eigenvalue weighted by Crippen LogP contribution is 2.26. The van der Waals surface area contributed by atoms with Crippen LogP contribution in [-0.4, -0.2) is 22.6 Å². The van der Waals surface area contributed by atoms with Gasteiger partial charge in [-0.15, -0.1) is 0 Å². The number of benzene rings is 2. The van der Waals surface area contributed by atoms with Gasteiger partial charge in [0.15, 0.2) is 0 Å². The molecule has 2 aromatic rings. The van der Waals surface area contributed by atoms with E-state index in [1.807, 2.05) is 6.07 Å². The van der Waals surface area contributed by atoms with Crippen molar-refractivity contribution in [3.63, 3.8) is 0 Å². The summed E-state index contributed by atoms with van der Waals surface area (Å²) < 4.78 is 31.5. The summed E-state index contributed by atoms with van der Waals surface area (Å²) in [4.78, 5) is -0.0159. The number of nitrogens with zero attached hydrogens (tertiary/aromatic N) is 2. The van der Waals surface area contributed by atoms with Crippen LogP contribution in [0.4, 0.5) is 5.69 Å². The van der Waals surface area contributed by atoms with E-state index in [-0.39, 0.29) is 10.5 Å². The Kier molecular flexibility index (Phi) is 4.15. The number of sulfonamides is 1. The number of nitriles is 1. The number of anilines is 1. The van der Waals surface area contributed by atoms with Crippen LogP contribution in [0.15, 0.2) is 53.4 Å². The van der Waals surface area contributed by atoms with E-state index in [1.54, 1.807) is 36.4 Å². The van der Waals surface area contributed by atoms with Gasteiger partial charge in [0.1, 0.15) is 16.7 Å². The first-order valence-corrected chi connectivity index (χ1v) is 7.57. The number of hydrogen-bond acceptors (Lipinski definition) is 4. The summed E-state index contributed by atoms with van der Waals surface area (Å²) in [6.45, 7) is 0. The van der Waals surface area contributed by atoms with Gasteiger partial charge in [-0.25, -0.2) is 8.42 Å². The summed E-state index contributed by atoms with van der Waals surface area (Å²) >= 11 is 0. The quantitative estimate of drug-likeness (QED) is 0.869. The molecular weight excluding hydrogens is 288 g/mol. The predicted molar refractivity (Wildman–Crippen MR) is 79.7 cm³/mol. The van der Waals surface area contributed by atoms with Crippen LogP contribution in [0.25, 0.3) is 0 Å². The SMILES string of the molecule is COc1cccc(N(C)S(=O)(=O)c2ccccc2C#N)c1. The number of rotatable bonds is 4. The molecule has 5 nitrogen and oxygen atoms in total. The largest absolute Gasteiger partial charge is 0.497 e. The molecule has 0 unspecified atom stereocenters. The van der Waals surface area contributed by atoms with E-state index in [4.69, 9.17) is 10.00 Å². The standard InChI is InChI=1S/C15H14N2O3S/c1-17(13-7-5-8-14(10-13)20-2)21(18,19)15-9-4-3-6-12(15)11-16/h3-10H,1-2H3. The van der Waals surface area contributed by atoms with Crippen LogP contribution in [0.5, 0.6) is 5.75 Å². The van der Waals surface area contributed by atoms with Crippen LogP contribution in [0.3, 0.4) is 0 Å². The van der Waals surface area contributed by atoms with E-state index in [0.717, 1.165) is 4.31 Å². The zero-order chi connectivity index (χ0) is 15.5. The Labute approximate surface area is 124 Å². The second kappa shape index (κ2) is 5.85. The fourth-order valence-electron chi connectivity index (χ4n) is 1.88. The minimum atomic E-state index is -3.80. The third-order valence-corrected chi connectivity index (χ3v) is 4.91. The number of hydrogen-bond donors (Lipinski definition) is 0. The average molecular weight is 302 g/mol. The number of ether oxygens (including phenoxy) is 1. The predicted octanol–water partition coefficient (Wildman–Crippen LogP) is 2.39. The monoisotopic (exact) mass is 302 g/mol. The molecule has 0 spiro atoms. The summed E-state index contributed by atoms with van der Waals surface area (Å²) in [6, 6.07) is 14.7. The topological polar surface area (TPSA) is 70.4 Å². The number of methoxy groups -OCH3 is 1. The molecule has 0 radical (unpaired) electrons. The summed E-state index contributed by atoms with van der Waals surface area (Å²) in [5.74, 6) is 0.558. The van der Waals surface area contributed by atoms with Crippen LogP contribution >= 0.6 is 0 Å². The Morgan fingerprint density at radius 1 is 1.14 bits per heavy atom. The van der Waals surface area contributed by atoms with Gasteiger partial charge < -0.3 is 4.74 Å². The molecule has 0 bridgehead atoms. The minimum Gasteiger partial charge on any atom is -0.497 e. The molecular formula is C15H14N2O3S. The average Bonchev–Trinajstić information content (AvgIpc) is 2.54. The Bertz CT molecular complexity index is 795. The van der Waals surface area contributed by atoms with Crippen molar-refractivity contribution in [2.24, 2.45) is 0 Å². The maximum atomic E-state index is 12.6. The lowest BCUT2D eigenvalue weighted by molar-refractivity contribution is 0.415. The molecule has 0 atom stereocenters. The first kappa shape index (κ1) is 14.9. The van der Waals surface area contributed by atoms with Crippen molar-refractivity contribution in [2.45, 2.75) is 4.90 Å². The van der Waals surface area contributed by atoms with E-state index in [9.17, 15) is 8.42 Å². The second-order valence-electron chi connectivity index (χ2n) is 4.28. The van der Waals surface area contributed by atoms with Crippen molar-refractivity contribution in [1.82, 2.24) is 0 Å². The molecule has 0 heterocycles. The molecule has 2 aromatic carbocycles. The summed E-state index contributed by atoms with van der Waals surface area (Å²) in [6.07, 6.45) is 0. The van der Waals surface area contributed by atoms with Crippen LogP contribution in [0.2, 0.25) is 0 Å². The Morgan fingerprint density at radius 2 is 1.86 bits per heavy atom. The van der Waals surface area contributed by atoms with Gasteiger partial charge in [-0.1, -0.05) is 18.2 Å². The Morgan fingerprint density at radius 3 is 2.52 bits per heavy atom. The van der Waals surface area contributed by atoms with E-state index in [1.165, 1.54) is 26.3 Å². The van der Waals surface area contributed by atoms with E-state index in [0.29, 0.717) is 11.4 Å². The highest BCUT2D eigenvalue weighted by atomic mass is 32.2. The van der Waals surface area contributed by atoms with Crippen molar-refractivity contribution < 1.29 is 13.2 Å². The molecule has 21 heavy (non-hydrogen) atoms. The zero-order valence-electron chi connectivity index (χ0n) is 11.6. The Balaban J connectivity index is 2.50. The first-order chi connectivity index (χ1) is 10.0. The molecule has 0 aliphatic rings. The van der Waals surface area contributed by atoms with Crippen LogP contribution < -0.4 is 9.04 Å². The molecule has 0 amide bonds. The molecule has 0 N–H and O–H groups in total. The van der Waals surface area contributed by atoms with Gasteiger partial charge in [-0.3, -0.25) is 4.31 Å². The minimum absolute atomic E-state index is 0.0159. The van der Waals surface area contributed by atoms with Crippen molar-refractivity contribution in [2.75, 3.05) is 18.5 Å². The molecule has 0 aromatic heterocycles. The Hall–Kier alpha value is -2.52. The molecule has 6 heteroatoms. The summed E-state index contributed by atoms with van der Waals surface area (Å²) in [5.41, 5.74) is 0.578. The molecule has 0 aliphatic heterocycles. The molecule has 0 fully saturated rings. The maximum Gasteiger partial charge on any atom is 0.265 e. The van der Waals surface area contributed by atoms with Crippen LogP contribution in [-0.2, 0) is 10.0 Å². The normalized spacial score (nSPS) is 10.7. The van der Waals surface area contributed by atoms with Crippen molar-refractivity contribution in [3.05, 3.63) is 54.1 Å². The zero-order valence-corrected chi connectivity index (χ0v) is 12.5. The van der Waals surface area contributed by atoms with Gasteiger partial charge in [0.2, 0.25) is 0 Å². The van der Waals surface area contributed by atoms with E-state index < -0.39 is 10.0 Å². The molecule has 0 aliphatic carbocycles. The molecule has 0 saturated heterocycles. The molecule has 108 valence electrons. The summed E-state index contributed by atoms with van der Waals surface area (Å²) in [7, 11) is -0.849. The van der Waals surface area contributed by atoms with Crippen LogP contribution in [0.1, 0.15) is 5.56 Å². The lowest BCUT2D eigenvalue weighted by Gasteiger charge is -2.20. The molecule has 0 saturated carbocycles. The molecule has 2 rings (SSSR count). The van der Waals surface area contributed by atoms with Crippen LogP contribution in [0, 0.1) is 11.3 Å². The fraction of sp³-hybridized carbons (Fsp3) is 0.133. The highest BCUT2D eigenvalue weighted by Gasteiger charge is 2.24. The van der Waals surface area contributed by atoms with E-state index in [2.05, 4.69) is 0 Å². The second-order valence-corrected chi connectivity index (χ2v) is 6.22. The van der Waals surface area contributed by atoms with Gasteiger partial charge >= 0.3 is 0 Å². The van der Waals surface area contributed by atoms with Gasteiger partial charge in [-0.05, 0) is 24.3 Å². The third kappa shape index (κ3) is 2.83. The van der Waals surface area contributed by atoms with Crippen molar-refractivity contribution in [1.29, 1.82) is 5.26 Å². The smallest absolute Gasteiger partial charge is 0.265 e. The van der Waals surface area contributed by atoms with Gasteiger partial charge in [0.05, 0.1) is 18.4 Å². The lowest BCUT2D eigenvalue weighted by Crippen LogP contribution is -2.27. The van der Waals surface area contributed by atoms with Gasteiger partial charge in [-0.2, -0.15) is 5.26 Å². The van der Waals surface area contributed by atoms with Gasteiger partial charge in [0.25, 0.3) is 10.0 Å².